The monoisotopic (exact) mass is 180 g/mol. The van der Waals surface area contributed by atoms with E-state index in [-0.39, 0.29) is 0 Å². The topological polar surface area (TPSA) is 0 Å². The Morgan fingerprint density at radius 2 is 2.15 bits per heavy atom. The van der Waals surface area contributed by atoms with Crippen molar-refractivity contribution in [2.75, 3.05) is 0 Å². The van der Waals surface area contributed by atoms with E-state index in [1.165, 1.54) is 44.9 Å². The van der Waals surface area contributed by atoms with Gasteiger partial charge in [-0.05, 0) is 31.1 Å². The fourth-order valence-electron chi connectivity index (χ4n) is 2.31. The first-order chi connectivity index (χ1) is 6.36. The highest BCUT2D eigenvalue weighted by atomic mass is 14.3. The van der Waals surface area contributed by atoms with E-state index in [0.29, 0.717) is 0 Å². The highest BCUT2D eigenvalue weighted by Crippen LogP contribution is 2.34. The van der Waals surface area contributed by atoms with Gasteiger partial charge in [-0.15, -0.1) is 0 Å². The molecular formula is C13H24. The summed E-state index contributed by atoms with van der Waals surface area (Å²) in [5.74, 6) is 1.85. The highest BCUT2D eigenvalue weighted by Gasteiger charge is 2.22. The lowest BCUT2D eigenvalue weighted by molar-refractivity contribution is 0.461. The zero-order valence-electron chi connectivity index (χ0n) is 9.10. The Morgan fingerprint density at radius 1 is 1.31 bits per heavy atom. The maximum absolute atomic E-state index is 3.99. The molecule has 0 bridgehead atoms. The van der Waals surface area contributed by atoms with E-state index in [1.807, 2.05) is 0 Å². The molecule has 0 heterocycles. The molecule has 1 saturated carbocycles. The number of unbranched alkanes of at least 4 members (excludes halogenated alkanes) is 3. The largest absolute Gasteiger partial charge is 0.0654 e. The summed E-state index contributed by atoms with van der Waals surface area (Å²) in [5.41, 5.74) is 0. The van der Waals surface area contributed by atoms with Crippen molar-refractivity contribution < 1.29 is 0 Å². The van der Waals surface area contributed by atoms with Crippen LogP contribution in [0, 0.1) is 25.2 Å². The first kappa shape index (κ1) is 11.1. The minimum Gasteiger partial charge on any atom is -0.0654 e. The van der Waals surface area contributed by atoms with Gasteiger partial charge in [0.15, 0.2) is 0 Å². The van der Waals surface area contributed by atoms with Crippen LogP contribution < -0.4 is 0 Å². The van der Waals surface area contributed by atoms with Crippen molar-refractivity contribution in [3.63, 3.8) is 0 Å². The van der Waals surface area contributed by atoms with Crippen LogP contribution in [0.5, 0.6) is 0 Å². The molecule has 2 unspecified atom stereocenters. The predicted molar refractivity (Wildman–Crippen MR) is 59.2 cm³/mol. The average Bonchev–Trinajstić information content (AvgIpc) is 2.60. The third-order valence-electron chi connectivity index (χ3n) is 3.28. The Bertz CT molecular complexity index is 117. The molecule has 2 radical (unpaired) electrons. The summed E-state index contributed by atoms with van der Waals surface area (Å²) < 4.78 is 0. The summed E-state index contributed by atoms with van der Waals surface area (Å²) in [7, 11) is 0. The van der Waals surface area contributed by atoms with E-state index in [0.717, 1.165) is 18.3 Å². The van der Waals surface area contributed by atoms with Gasteiger partial charge in [0.2, 0.25) is 0 Å². The number of hydrogen-bond donors (Lipinski definition) is 0. The SMILES string of the molecule is [CH2]CC1C[CH]C(CCCCCC)C1. The zero-order chi connectivity index (χ0) is 9.52. The fourth-order valence-corrected chi connectivity index (χ4v) is 2.31. The van der Waals surface area contributed by atoms with Crippen molar-refractivity contribution in [1.82, 2.24) is 0 Å². The molecule has 0 saturated heterocycles. The molecule has 1 rings (SSSR count). The molecule has 0 spiro atoms. The van der Waals surface area contributed by atoms with E-state index in [9.17, 15) is 0 Å². The van der Waals surface area contributed by atoms with Gasteiger partial charge < -0.3 is 0 Å². The highest BCUT2D eigenvalue weighted by molar-refractivity contribution is 4.89. The second-order valence-electron chi connectivity index (χ2n) is 4.47. The standard InChI is InChI=1S/C13H24/c1-3-5-6-7-8-13-10-9-12(4-2)11-13/h10,12-13H,2-9,11H2,1H3. The van der Waals surface area contributed by atoms with E-state index >= 15 is 0 Å². The van der Waals surface area contributed by atoms with Gasteiger partial charge in [0.05, 0.1) is 0 Å². The molecule has 0 N–H and O–H groups in total. The lowest BCUT2D eigenvalue weighted by Gasteiger charge is -2.09. The van der Waals surface area contributed by atoms with Gasteiger partial charge in [-0.25, -0.2) is 0 Å². The Balaban J connectivity index is 1.97. The summed E-state index contributed by atoms with van der Waals surface area (Å²) in [6, 6.07) is 0. The lowest BCUT2D eigenvalue weighted by Crippen LogP contribution is -1.96. The van der Waals surface area contributed by atoms with Crippen LogP contribution in [0.25, 0.3) is 0 Å². The molecule has 0 aromatic rings. The molecule has 0 heteroatoms. The van der Waals surface area contributed by atoms with Gasteiger partial charge in [0, 0.05) is 0 Å². The van der Waals surface area contributed by atoms with Crippen molar-refractivity contribution in [2.45, 2.75) is 58.3 Å². The Morgan fingerprint density at radius 3 is 2.77 bits per heavy atom. The Kier molecular flexibility index (Phi) is 5.50. The van der Waals surface area contributed by atoms with E-state index in [4.69, 9.17) is 0 Å². The Hall–Kier alpha value is 0. The fraction of sp³-hybridized carbons (Fsp3) is 0.846. The maximum atomic E-state index is 3.99. The molecule has 2 atom stereocenters. The van der Waals surface area contributed by atoms with Gasteiger partial charge >= 0.3 is 0 Å². The first-order valence-corrected chi connectivity index (χ1v) is 5.99. The van der Waals surface area contributed by atoms with E-state index in [1.54, 1.807) is 0 Å². The van der Waals surface area contributed by atoms with Crippen LogP contribution in [-0.2, 0) is 0 Å². The maximum Gasteiger partial charge on any atom is -0.0352 e. The van der Waals surface area contributed by atoms with Gasteiger partial charge in [-0.1, -0.05) is 52.4 Å². The van der Waals surface area contributed by atoms with Crippen LogP contribution in [-0.4, -0.2) is 0 Å². The second-order valence-corrected chi connectivity index (χ2v) is 4.47. The van der Waals surface area contributed by atoms with E-state index < -0.39 is 0 Å². The Labute approximate surface area is 84.1 Å². The molecule has 0 nitrogen and oxygen atoms in total. The van der Waals surface area contributed by atoms with Crippen LogP contribution in [0.3, 0.4) is 0 Å². The minimum absolute atomic E-state index is 0.913. The van der Waals surface area contributed by atoms with Crippen molar-refractivity contribution in [1.29, 1.82) is 0 Å². The molecule has 0 amide bonds. The average molecular weight is 180 g/mol. The van der Waals surface area contributed by atoms with Crippen molar-refractivity contribution in [2.24, 2.45) is 11.8 Å². The van der Waals surface area contributed by atoms with Crippen LogP contribution in [0.15, 0.2) is 0 Å². The van der Waals surface area contributed by atoms with Crippen molar-refractivity contribution in [3.8, 4) is 0 Å². The van der Waals surface area contributed by atoms with Crippen LogP contribution in [0.1, 0.15) is 58.3 Å². The molecule has 1 fully saturated rings. The third-order valence-corrected chi connectivity index (χ3v) is 3.28. The molecule has 76 valence electrons. The summed E-state index contributed by atoms with van der Waals surface area (Å²) in [6.45, 7) is 6.27. The normalized spacial score (nSPS) is 28.2. The van der Waals surface area contributed by atoms with Crippen LogP contribution in [0.4, 0.5) is 0 Å². The lowest BCUT2D eigenvalue weighted by atomic mass is 9.97. The van der Waals surface area contributed by atoms with Crippen molar-refractivity contribution in [3.05, 3.63) is 13.3 Å². The molecular weight excluding hydrogens is 156 g/mol. The van der Waals surface area contributed by atoms with Gasteiger partial charge in [-0.3, -0.25) is 0 Å². The predicted octanol–water partition coefficient (Wildman–Crippen LogP) is 4.41. The molecule has 0 aromatic carbocycles. The smallest absolute Gasteiger partial charge is 0.0352 e. The summed E-state index contributed by atoms with van der Waals surface area (Å²) in [6.07, 6.45) is 13.5. The van der Waals surface area contributed by atoms with E-state index in [2.05, 4.69) is 20.3 Å². The van der Waals surface area contributed by atoms with Gasteiger partial charge in [-0.2, -0.15) is 0 Å². The molecule has 0 aliphatic heterocycles. The third kappa shape index (κ3) is 4.15. The molecule has 1 aliphatic rings. The summed E-state index contributed by atoms with van der Waals surface area (Å²) >= 11 is 0. The summed E-state index contributed by atoms with van der Waals surface area (Å²) in [5, 5.41) is 0. The molecule has 1 aliphatic carbocycles. The molecule has 13 heavy (non-hydrogen) atoms. The zero-order valence-corrected chi connectivity index (χ0v) is 9.10. The quantitative estimate of drug-likeness (QED) is 0.531. The van der Waals surface area contributed by atoms with Gasteiger partial charge in [0.25, 0.3) is 0 Å². The minimum atomic E-state index is 0.913. The first-order valence-electron chi connectivity index (χ1n) is 5.99. The second kappa shape index (κ2) is 6.45. The number of hydrogen-bond acceptors (Lipinski definition) is 0. The molecule has 0 aromatic heterocycles. The summed E-state index contributed by atoms with van der Waals surface area (Å²) in [4.78, 5) is 0. The van der Waals surface area contributed by atoms with Crippen molar-refractivity contribution >= 4 is 0 Å². The number of rotatable bonds is 6. The van der Waals surface area contributed by atoms with Gasteiger partial charge in [0.1, 0.15) is 0 Å². The van der Waals surface area contributed by atoms with Crippen LogP contribution in [0.2, 0.25) is 0 Å². The van der Waals surface area contributed by atoms with Crippen LogP contribution >= 0.6 is 0 Å².